The Morgan fingerprint density at radius 1 is 1.33 bits per heavy atom. The van der Waals surface area contributed by atoms with Crippen LogP contribution in [0.3, 0.4) is 0 Å². The summed E-state index contributed by atoms with van der Waals surface area (Å²) < 4.78 is 5.29. The summed E-state index contributed by atoms with van der Waals surface area (Å²) in [6.07, 6.45) is 5.16. The SMILES string of the molecule is C#CCSCCNCCN1CCOCC1. The molecule has 1 aliphatic heterocycles. The molecule has 0 aliphatic carbocycles. The highest BCUT2D eigenvalue weighted by molar-refractivity contribution is 7.99. The molecule has 0 aromatic heterocycles. The lowest BCUT2D eigenvalue weighted by molar-refractivity contribution is 0.0385. The maximum atomic E-state index is 5.29. The summed E-state index contributed by atoms with van der Waals surface area (Å²) in [6, 6.07) is 0. The Hall–Kier alpha value is -0.210. The molecule has 3 nitrogen and oxygen atoms in total. The molecule has 0 atom stereocenters. The second kappa shape index (κ2) is 9.05. The third-order valence-electron chi connectivity index (χ3n) is 2.32. The third-order valence-corrected chi connectivity index (χ3v) is 3.18. The van der Waals surface area contributed by atoms with Gasteiger partial charge in [0.25, 0.3) is 0 Å². The summed E-state index contributed by atoms with van der Waals surface area (Å²) in [7, 11) is 0. The van der Waals surface area contributed by atoms with Crippen molar-refractivity contribution in [3.05, 3.63) is 0 Å². The van der Waals surface area contributed by atoms with Gasteiger partial charge in [-0.3, -0.25) is 4.90 Å². The average molecular weight is 228 g/mol. The van der Waals surface area contributed by atoms with Crippen molar-refractivity contribution in [2.24, 2.45) is 0 Å². The zero-order valence-electron chi connectivity index (χ0n) is 9.21. The van der Waals surface area contributed by atoms with E-state index in [4.69, 9.17) is 11.2 Å². The van der Waals surface area contributed by atoms with Crippen LogP contribution < -0.4 is 5.32 Å². The topological polar surface area (TPSA) is 24.5 Å². The van der Waals surface area contributed by atoms with Crippen molar-refractivity contribution in [1.29, 1.82) is 0 Å². The summed E-state index contributed by atoms with van der Waals surface area (Å²) in [6.45, 7) is 7.17. The second-order valence-electron chi connectivity index (χ2n) is 3.46. The van der Waals surface area contributed by atoms with Crippen molar-refractivity contribution >= 4 is 11.8 Å². The Kier molecular flexibility index (Phi) is 7.76. The van der Waals surface area contributed by atoms with Crippen LogP contribution in [0.2, 0.25) is 0 Å². The van der Waals surface area contributed by atoms with Crippen LogP contribution in [-0.4, -0.2) is 62.3 Å². The number of nitrogens with one attached hydrogen (secondary N) is 1. The lowest BCUT2D eigenvalue weighted by Gasteiger charge is -2.26. The Bertz CT molecular complexity index is 188. The summed E-state index contributed by atoms with van der Waals surface area (Å²) in [5, 5.41) is 3.42. The van der Waals surface area contributed by atoms with Crippen molar-refractivity contribution in [1.82, 2.24) is 10.2 Å². The first kappa shape index (κ1) is 12.9. The van der Waals surface area contributed by atoms with Gasteiger partial charge >= 0.3 is 0 Å². The molecular weight excluding hydrogens is 208 g/mol. The number of rotatable bonds is 7. The van der Waals surface area contributed by atoms with E-state index in [1.165, 1.54) is 0 Å². The molecule has 0 bridgehead atoms. The van der Waals surface area contributed by atoms with E-state index in [0.29, 0.717) is 0 Å². The fourth-order valence-corrected chi connectivity index (χ4v) is 2.01. The van der Waals surface area contributed by atoms with Crippen LogP contribution in [0.25, 0.3) is 0 Å². The quantitative estimate of drug-likeness (QED) is 0.499. The number of nitrogens with zero attached hydrogens (tertiary/aromatic N) is 1. The van der Waals surface area contributed by atoms with E-state index in [2.05, 4.69) is 16.1 Å². The zero-order valence-corrected chi connectivity index (χ0v) is 10.0. The molecule has 0 saturated carbocycles. The average Bonchev–Trinajstić information content (AvgIpc) is 2.29. The highest BCUT2D eigenvalue weighted by Gasteiger charge is 2.08. The number of terminal acetylenes is 1. The minimum Gasteiger partial charge on any atom is -0.379 e. The smallest absolute Gasteiger partial charge is 0.0594 e. The van der Waals surface area contributed by atoms with Crippen LogP contribution in [0.5, 0.6) is 0 Å². The van der Waals surface area contributed by atoms with Gasteiger partial charge in [0.05, 0.1) is 19.0 Å². The van der Waals surface area contributed by atoms with Gasteiger partial charge in [0.2, 0.25) is 0 Å². The first-order chi connectivity index (χ1) is 7.43. The predicted molar refractivity (Wildman–Crippen MR) is 66.3 cm³/mol. The largest absolute Gasteiger partial charge is 0.379 e. The molecule has 0 radical (unpaired) electrons. The number of thioether (sulfide) groups is 1. The first-order valence-corrected chi connectivity index (χ1v) is 6.61. The maximum Gasteiger partial charge on any atom is 0.0594 e. The number of hydrogen-bond donors (Lipinski definition) is 1. The number of ether oxygens (including phenoxy) is 1. The molecular formula is C11H20N2OS. The Balaban J connectivity index is 1.82. The Morgan fingerprint density at radius 3 is 2.87 bits per heavy atom. The van der Waals surface area contributed by atoms with Crippen LogP contribution >= 0.6 is 11.8 Å². The van der Waals surface area contributed by atoms with Crippen molar-refractivity contribution in [2.45, 2.75) is 0 Å². The van der Waals surface area contributed by atoms with Crippen LogP contribution in [0.15, 0.2) is 0 Å². The van der Waals surface area contributed by atoms with Gasteiger partial charge in [-0.05, 0) is 0 Å². The van der Waals surface area contributed by atoms with Crippen molar-refractivity contribution in [3.8, 4) is 12.3 Å². The summed E-state index contributed by atoms with van der Waals surface area (Å²) >= 11 is 1.81. The van der Waals surface area contributed by atoms with Gasteiger partial charge in [0.1, 0.15) is 0 Å². The van der Waals surface area contributed by atoms with E-state index < -0.39 is 0 Å². The molecule has 0 unspecified atom stereocenters. The summed E-state index contributed by atoms with van der Waals surface area (Å²) in [5.41, 5.74) is 0. The minimum absolute atomic E-state index is 0.825. The van der Waals surface area contributed by atoms with E-state index in [9.17, 15) is 0 Å². The van der Waals surface area contributed by atoms with E-state index in [-0.39, 0.29) is 0 Å². The molecule has 1 saturated heterocycles. The molecule has 1 heterocycles. The fourth-order valence-electron chi connectivity index (χ4n) is 1.46. The molecule has 0 spiro atoms. The fraction of sp³-hybridized carbons (Fsp3) is 0.818. The molecule has 1 aliphatic rings. The molecule has 15 heavy (non-hydrogen) atoms. The molecule has 1 fully saturated rings. The lowest BCUT2D eigenvalue weighted by atomic mass is 10.4. The van der Waals surface area contributed by atoms with E-state index >= 15 is 0 Å². The standard InChI is InChI=1S/C11H20N2OS/c1-2-10-15-11-4-12-3-5-13-6-8-14-9-7-13/h1,12H,3-11H2. The van der Waals surface area contributed by atoms with Crippen molar-refractivity contribution in [2.75, 3.05) is 57.4 Å². The van der Waals surface area contributed by atoms with E-state index in [1.807, 2.05) is 11.8 Å². The van der Waals surface area contributed by atoms with Crippen molar-refractivity contribution in [3.63, 3.8) is 0 Å². The Morgan fingerprint density at radius 2 is 2.13 bits per heavy atom. The van der Waals surface area contributed by atoms with Crippen LogP contribution in [0.4, 0.5) is 0 Å². The summed E-state index contributed by atoms with van der Waals surface area (Å²) in [4.78, 5) is 2.44. The van der Waals surface area contributed by atoms with Gasteiger partial charge in [-0.25, -0.2) is 0 Å². The zero-order chi connectivity index (χ0) is 10.8. The Labute approximate surface area is 96.9 Å². The van der Waals surface area contributed by atoms with Crippen LogP contribution in [0.1, 0.15) is 0 Å². The molecule has 0 amide bonds. The van der Waals surface area contributed by atoms with E-state index in [1.54, 1.807) is 0 Å². The monoisotopic (exact) mass is 228 g/mol. The molecule has 4 heteroatoms. The summed E-state index contributed by atoms with van der Waals surface area (Å²) in [5.74, 6) is 4.55. The molecule has 86 valence electrons. The molecule has 1 N–H and O–H groups in total. The normalized spacial score (nSPS) is 17.5. The molecule has 0 aromatic carbocycles. The highest BCUT2D eigenvalue weighted by atomic mass is 32.2. The van der Waals surface area contributed by atoms with Gasteiger partial charge in [-0.2, -0.15) is 0 Å². The van der Waals surface area contributed by atoms with Gasteiger partial charge < -0.3 is 10.1 Å². The maximum absolute atomic E-state index is 5.29. The van der Waals surface area contributed by atoms with Crippen LogP contribution in [0, 0.1) is 12.3 Å². The van der Waals surface area contributed by atoms with Gasteiger partial charge in [-0.1, -0.05) is 5.92 Å². The predicted octanol–water partition coefficient (Wildman–Crippen LogP) is 0.275. The van der Waals surface area contributed by atoms with Crippen LogP contribution in [-0.2, 0) is 4.74 Å². The second-order valence-corrected chi connectivity index (χ2v) is 4.57. The lowest BCUT2D eigenvalue weighted by Crippen LogP contribution is -2.40. The number of hydrogen-bond acceptors (Lipinski definition) is 4. The van der Waals surface area contributed by atoms with Gasteiger partial charge in [-0.15, -0.1) is 18.2 Å². The third kappa shape index (κ3) is 6.80. The molecule has 1 rings (SSSR count). The highest BCUT2D eigenvalue weighted by Crippen LogP contribution is 1.96. The first-order valence-electron chi connectivity index (χ1n) is 5.45. The van der Waals surface area contributed by atoms with Gasteiger partial charge in [0.15, 0.2) is 0 Å². The molecule has 0 aromatic rings. The minimum atomic E-state index is 0.825. The van der Waals surface area contributed by atoms with Crippen molar-refractivity contribution < 1.29 is 4.74 Å². The number of morpholine rings is 1. The van der Waals surface area contributed by atoms with Gasteiger partial charge in [0, 0.05) is 38.5 Å². The van der Waals surface area contributed by atoms with E-state index in [0.717, 1.165) is 57.4 Å².